The molecule has 1 aliphatic rings. The molecule has 0 radical (unpaired) electrons. The highest BCUT2D eigenvalue weighted by Crippen LogP contribution is 2.31. The highest BCUT2D eigenvalue weighted by molar-refractivity contribution is 8.00. The minimum atomic E-state index is -0.146. The summed E-state index contributed by atoms with van der Waals surface area (Å²) in [4.78, 5) is 22.0. The molecule has 0 saturated heterocycles. The summed E-state index contributed by atoms with van der Waals surface area (Å²) in [6, 6.07) is 2.35. The van der Waals surface area contributed by atoms with Gasteiger partial charge in [-0.05, 0) is 37.1 Å². The Balaban J connectivity index is 1.64. The van der Waals surface area contributed by atoms with Gasteiger partial charge in [0.15, 0.2) is 0 Å². The molecule has 1 N–H and O–H groups in total. The first-order valence-corrected chi connectivity index (χ1v) is 9.56. The molecule has 22 heavy (non-hydrogen) atoms. The summed E-state index contributed by atoms with van der Waals surface area (Å²) in [5.74, 6) is 0.697. The number of nitrogens with one attached hydrogen (secondary N) is 1. The van der Waals surface area contributed by atoms with Crippen molar-refractivity contribution in [1.29, 1.82) is 0 Å². The minimum absolute atomic E-state index is 0.116. The molecule has 2 aromatic heterocycles. The highest BCUT2D eigenvalue weighted by Gasteiger charge is 2.25. The van der Waals surface area contributed by atoms with Crippen LogP contribution in [0.3, 0.4) is 0 Å². The van der Waals surface area contributed by atoms with Crippen molar-refractivity contribution in [3.63, 3.8) is 0 Å². The molecule has 3 rings (SSSR count). The molecule has 2 aromatic rings. The van der Waals surface area contributed by atoms with Crippen LogP contribution < -0.4 is 5.32 Å². The van der Waals surface area contributed by atoms with Crippen molar-refractivity contribution >= 4 is 39.2 Å². The van der Waals surface area contributed by atoms with E-state index in [0.29, 0.717) is 12.0 Å². The van der Waals surface area contributed by atoms with Crippen molar-refractivity contribution in [1.82, 2.24) is 15.3 Å². The number of nitrogens with zero attached hydrogens (tertiary/aromatic N) is 2. The van der Waals surface area contributed by atoms with Crippen LogP contribution in [0.1, 0.15) is 39.5 Å². The first kappa shape index (κ1) is 15.7. The summed E-state index contributed by atoms with van der Waals surface area (Å²) in [5.41, 5.74) is 0. The van der Waals surface area contributed by atoms with Crippen LogP contribution in [0.5, 0.6) is 0 Å². The number of thioether (sulfide) groups is 1. The topological polar surface area (TPSA) is 54.9 Å². The second kappa shape index (κ2) is 6.96. The van der Waals surface area contributed by atoms with Gasteiger partial charge in [-0.1, -0.05) is 31.5 Å². The van der Waals surface area contributed by atoms with Crippen LogP contribution in [0.2, 0.25) is 0 Å². The van der Waals surface area contributed by atoms with Gasteiger partial charge in [-0.2, -0.15) is 0 Å². The Morgan fingerprint density at radius 3 is 3.05 bits per heavy atom. The maximum atomic E-state index is 12.5. The van der Waals surface area contributed by atoms with E-state index in [4.69, 9.17) is 0 Å². The molecule has 0 spiro atoms. The Labute approximate surface area is 139 Å². The lowest BCUT2D eigenvalue weighted by atomic mass is 9.86. The fourth-order valence-corrected chi connectivity index (χ4v) is 4.62. The monoisotopic (exact) mass is 335 g/mol. The van der Waals surface area contributed by atoms with E-state index >= 15 is 0 Å². The molecule has 0 bridgehead atoms. The Bertz CT molecular complexity index is 658. The number of aromatic nitrogens is 2. The minimum Gasteiger partial charge on any atom is -0.352 e. The molecule has 0 aliphatic heterocycles. The van der Waals surface area contributed by atoms with E-state index in [-0.39, 0.29) is 11.2 Å². The largest absolute Gasteiger partial charge is 0.352 e. The molecule has 3 atom stereocenters. The lowest BCUT2D eigenvalue weighted by Crippen LogP contribution is -2.44. The van der Waals surface area contributed by atoms with Crippen molar-refractivity contribution in [3.05, 3.63) is 17.8 Å². The van der Waals surface area contributed by atoms with Crippen molar-refractivity contribution in [2.75, 3.05) is 0 Å². The quantitative estimate of drug-likeness (QED) is 0.681. The van der Waals surface area contributed by atoms with Gasteiger partial charge in [-0.25, -0.2) is 9.97 Å². The van der Waals surface area contributed by atoms with Gasteiger partial charge in [0.2, 0.25) is 5.91 Å². The summed E-state index contributed by atoms with van der Waals surface area (Å²) in [5, 5.41) is 7.03. The van der Waals surface area contributed by atoms with E-state index in [1.54, 1.807) is 17.7 Å². The van der Waals surface area contributed by atoms with Crippen LogP contribution in [-0.2, 0) is 4.79 Å². The first-order valence-electron chi connectivity index (χ1n) is 7.80. The van der Waals surface area contributed by atoms with Gasteiger partial charge in [-0.15, -0.1) is 11.3 Å². The van der Waals surface area contributed by atoms with Crippen LogP contribution in [0.15, 0.2) is 22.8 Å². The lowest BCUT2D eigenvalue weighted by molar-refractivity contribution is -0.121. The van der Waals surface area contributed by atoms with Gasteiger partial charge in [0, 0.05) is 11.4 Å². The molecule has 118 valence electrons. The second-order valence-corrected chi connectivity index (χ2v) is 8.18. The van der Waals surface area contributed by atoms with Crippen molar-refractivity contribution in [3.8, 4) is 0 Å². The Kier molecular flexibility index (Phi) is 4.98. The Morgan fingerprint density at radius 2 is 2.23 bits per heavy atom. The number of thiophene rings is 1. The molecule has 4 nitrogen and oxygen atoms in total. The average molecular weight is 335 g/mol. The van der Waals surface area contributed by atoms with Gasteiger partial charge >= 0.3 is 0 Å². The first-order chi connectivity index (χ1) is 10.6. The van der Waals surface area contributed by atoms with Gasteiger partial charge in [0.1, 0.15) is 16.2 Å². The summed E-state index contributed by atoms with van der Waals surface area (Å²) in [6.45, 7) is 4.19. The molecular formula is C16H21N3OS2. The molecule has 1 amide bonds. The third-order valence-corrected chi connectivity index (χ3v) is 6.26. The number of carbonyl (C=O) groups is 1. The van der Waals surface area contributed by atoms with E-state index < -0.39 is 0 Å². The summed E-state index contributed by atoms with van der Waals surface area (Å²) in [7, 11) is 0. The average Bonchev–Trinajstić information content (AvgIpc) is 2.99. The molecule has 0 unspecified atom stereocenters. The zero-order chi connectivity index (χ0) is 15.5. The van der Waals surface area contributed by atoms with E-state index in [1.165, 1.54) is 31.0 Å². The Hall–Kier alpha value is -1.14. The third kappa shape index (κ3) is 3.43. The summed E-state index contributed by atoms with van der Waals surface area (Å²) in [6.07, 6.45) is 6.41. The molecule has 1 fully saturated rings. The molecular weight excluding hydrogens is 314 g/mol. The molecule has 0 aromatic carbocycles. The smallest absolute Gasteiger partial charge is 0.233 e. The van der Waals surface area contributed by atoms with E-state index in [2.05, 4.69) is 22.2 Å². The number of fused-ring (bicyclic) bond motifs is 1. The second-order valence-electron chi connectivity index (χ2n) is 5.96. The van der Waals surface area contributed by atoms with Crippen LogP contribution in [0.4, 0.5) is 0 Å². The predicted octanol–water partition coefficient (Wildman–Crippen LogP) is 3.87. The predicted molar refractivity (Wildman–Crippen MR) is 92.3 cm³/mol. The fraction of sp³-hybridized carbons (Fsp3) is 0.562. The number of carbonyl (C=O) groups excluding carboxylic acids is 1. The van der Waals surface area contributed by atoms with Crippen molar-refractivity contribution < 1.29 is 4.79 Å². The number of amides is 1. The van der Waals surface area contributed by atoms with Gasteiger partial charge in [-0.3, -0.25) is 4.79 Å². The molecule has 6 heteroatoms. The lowest BCUT2D eigenvalue weighted by Gasteiger charge is -2.30. The van der Waals surface area contributed by atoms with Crippen molar-refractivity contribution in [2.45, 2.75) is 55.8 Å². The Morgan fingerprint density at radius 1 is 1.41 bits per heavy atom. The zero-order valence-corrected chi connectivity index (χ0v) is 14.5. The van der Waals surface area contributed by atoms with Gasteiger partial charge in [0.05, 0.1) is 5.25 Å². The molecule has 1 aliphatic carbocycles. The molecule has 2 heterocycles. The number of rotatable bonds is 4. The van der Waals surface area contributed by atoms with Crippen LogP contribution >= 0.6 is 23.1 Å². The maximum absolute atomic E-state index is 12.5. The van der Waals surface area contributed by atoms with Gasteiger partial charge in [0.25, 0.3) is 0 Å². The van der Waals surface area contributed by atoms with E-state index in [1.807, 2.05) is 18.4 Å². The third-order valence-electron chi connectivity index (χ3n) is 4.32. The SMILES string of the molecule is C[C@@H](Sc1ncnc2sccc12)C(=O)N[C@@H]1CCCC[C@@H]1C. The zero-order valence-electron chi connectivity index (χ0n) is 12.9. The number of hydrogen-bond donors (Lipinski definition) is 1. The van der Waals surface area contributed by atoms with Crippen molar-refractivity contribution in [2.24, 2.45) is 5.92 Å². The normalized spacial score (nSPS) is 23.4. The van der Waals surface area contributed by atoms with Gasteiger partial charge < -0.3 is 5.32 Å². The standard InChI is InChI=1S/C16H21N3OS2/c1-10-5-3-4-6-13(10)19-14(20)11(2)22-16-12-7-8-21-15(12)17-9-18-16/h7-11,13H,3-6H2,1-2H3,(H,19,20)/t10-,11+,13+/m0/s1. The molecule has 1 saturated carbocycles. The van der Waals surface area contributed by atoms with Crippen LogP contribution in [0, 0.1) is 5.92 Å². The fourth-order valence-electron chi connectivity index (χ4n) is 2.91. The van der Waals surface area contributed by atoms with Crippen LogP contribution in [0.25, 0.3) is 10.2 Å². The van der Waals surface area contributed by atoms with E-state index in [0.717, 1.165) is 21.7 Å². The highest BCUT2D eigenvalue weighted by atomic mass is 32.2. The summed E-state index contributed by atoms with van der Waals surface area (Å²) < 4.78 is 0. The number of hydrogen-bond acceptors (Lipinski definition) is 5. The van der Waals surface area contributed by atoms with E-state index in [9.17, 15) is 4.79 Å². The van der Waals surface area contributed by atoms with Crippen LogP contribution in [-0.4, -0.2) is 27.2 Å². The summed E-state index contributed by atoms with van der Waals surface area (Å²) >= 11 is 3.12. The maximum Gasteiger partial charge on any atom is 0.233 e.